The fourth-order valence-electron chi connectivity index (χ4n) is 3.79. The standard InChI is InChI=1S/C27H34O/c1-2-3-4-5-6-10-20-28-27-18-16-25(17-19-27)26-15-11-14-24(22-26)21-23-12-8-7-9-13-23/h7-9,12-13,16-19,21-22H,2-6,10-11,14-15,20H2,1H3/b24-21+. The van der Waals surface area contributed by atoms with Gasteiger partial charge in [0.05, 0.1) is 6.61 Å². The van der Waals surface area contributed by atoms with E-state index in [1.54, 1.807) is 0 Å². The molecule has 0 N–H and O–H groups in total. The molecule has 0 heterocycles. The molecule has 1 aliphatic carbocycles. The Hall–Kier alpha value is -2.28. The first-order valence-electron chi connectivity index (χ1n) is 11.0. The molecule has 0 aliphatic heterocycles. The molecular weight excluding hydrogens is 340 g/mol. The highest BCUT2D eigenvalue weighted by Crippen LogP contribution is 2.31. The zero-order chi connectivity index (χ0) is 19.4. The van der Waals surface area contributed by atoms with E-state index in [0.29, 0.717) is 0 Å². The summed E-state index contributed by atoms with van der Waals surface area (Å²) in [5, 5.41) is 0. The molecule has 2 aromatic carbocycles. The summed E-state index contributed by atoms with van der Waals surface area (Å²) >= 11 is 0. The zero-order valence-electron chi connectivity index (χ0n) is 17.3. The second kappa shape index (κ2) is 11.5. The van der Waals surface area contributed by atoms with Crippen molar-refractivity contribution in [2.75, 3.05) is 6.61 Å². The van der Waals surface area contributed by atoms with E-state index < -0.39 is 0 Å². The van der Waals surface area contributed by atoms with Crippen LogP contribution in [-0.2, 0) is 0 Å². The van der Waals surface area contributed by atoms with Gasteiger partial charge in [-0.2, -0.15) is 0 Å². The molecule has 1 heteroatoms. The van der Waals surface area contributed by atoms with Crippen LogP contribution in [0.3, 0.4) is 0 Å². The van der Waals surface area contributed by atoms with E-state index in [1.165, 1.54) is 60.8 Å². The van der Waals surface area contributed by atoms with E-state index in [2.05, 4.69) is 73.7 Å². The van der Waals surface area contributed by atoms with Gasteiger partial charge in [0.2, 0.25) is 0 Å². The molecule has 3 rings (SSSR count). The largest absolute Gasteiger partial charge is 0.494 e. The van der Waals surface area contributed by atoms with Crippen molar-refractivity contribution in [1.82, 2.24) is 0 Å². The average molecular weight is 375 g/mol. The molecule has 0 bridgehead atoms. The summed E-state index contributed by atoms with van der Waals surface area (Å²) in [6.07, 6.45) is 16.0. The summed E-state index contributed by atoms with van der Waals surface area (Å²) in [5.74, 6) is 0.994. The summed E-state index contributed by atoms with van der Waals surface area (Å²) in [6.45, 7) is 3.09. The number of hydrogen-bond acceptors (Lipinski definition) is 1. The van der Waals surface area contributed by atoms with Gasteiger partial charge in [0, 0.05) is 0 Å². The third-order valence-corrected chi connectivity index (χ3v) is 5.41. The van der Waals surface area contributed by atoms with Crippen LogP contribution in [0.15, 0.2) is 66.2 Å². The van der Waals surface area contributed by atoms with Gasteiger partial charge in [0.25, 0.3) is 0 Å². The lowest BCUT2D eigenvalue weighted by Crippen LogP contribution is -1.98. The Morgan fingerprint density at radius 1 is 0.821 bits per heavy atom. The van der Waals surface area contributed by atoms with Crippen LogP contribution in [0.25, 0.3) is 11.6 Å². The molecule has 2 aromatic rings. The average Bonchev–Trinajstić information content (AvgIpc) is 2.74. The number of allylic oxidation sites excluding steroid dienone is 3. The van der Waals surface area contributed by atoms with Gasteiger partial charge in [-0.05, 0) is 60.1 Å². The lowest BCUT2D eigenvalue weighted by atomic mass is 9.90. The third-order valence-electron chi connectivity index (χ3n) is 5.41. The van der Waals surface area contributed by atoms with Crippen molar-refractivity contribution in [3.05, 3.63) is 77.4 Å². The van der Waals surface area contributed by atoms with Crippen LogP contribution in [-0.4, -0.2) is 6.61 Å². The van der Waals surface area contributed by atoms with Gasteiger partial charge in [-0.1, -0.05) is 93.6 Å². The van der Waals surface area contributed by atoms with E-state index in [1.807, 2.05) is 0 Å². The maximum absolute atomic E-state index is 5.92. The first-order valence-corrected chi connectivity index (χ1v) is 11.0. The van der Waals surface area contributed by atoms with Crippen molar-refractivity contribution < 1.29 is 4.74 Å². The predicted octanol–water partition coefficient (Wildman–Crippen LogP) is 8.08. The minimum atomic E-state index is 0.831. The van der Waals surface area contributed by atoms with E-state index in [4.69, 9.17) is 4.74 Å². The molecule has 0 amide bonds. The van der Waals surface area contributed by atoms with Crippen LogP contribution in [0.1, 0.15) is 75.8 Å². The molecule has 148 valence electrons. The molecule has 0 aromatic heterocycles. The summed E-state index contributed by atoms with van der Waals surface area (Å²) in [5.41, 5.74) is 5.48. The summed E-state index contributed by atoms with van der Waals surface area (Å²) in [6, 6.07) is 19.3. The molecule has 0 fully saturated rings. The second-order valence-electron chi connectivity index (χ2n) is 7.79. The zero-order valence-corrected chi connectivity index (χ0v) is 17.3. The quantitative estimate of drug-likeness (QED) is 0.382. The van der Waals surface area contributed by atoms with Gasteiger partial charge < -0.3 is 4.74 Å². The monoisotopic (exact) mass is 374 g/mol. The minimum absolute atomic E-state index is 0.831. The SMILES string of the molecule is CCCCCCCCOc1ccc(C2=C/C(=C/c3ccccc3)CCC2)cc1. The van der Waals surface area contributed by atoms with Crippen LogP contribution in [0, 0.1) is 0 Å². The number of ether oxygens (including phenoxy) is 1. The number of unbranched alkanes of at least 4 members (excludes halogenated alkanes) is 5. The van der Waals surface area contributed by atoms with Gasteiger partial charge in [-0.3, -0.25) is 0 Å². The number of hydrogen-bond donors (Lipinski definition) is 0. The Morgan fingerprint density at radius 2 is 1.57 bits per heavy atom. The van der Waals surface area contributed by atoms with Gasteiger partial charge in [0.15, 0.2) is 0 Å². The van der Waals surface area contributed by atoms with Crippen LogP contribution in [0.4, 0.5) is 0 Å². The lowest BCUT2D eigenvalue weighted by molar-refractivity contribution is 0.304. The molecule has 0 saturated heterocycles. The van der Waals surface area contributed by atoms with Crippen LogP contribution in [0.5, 0.6) is 5.75 Å². The first kappa shape index (κ1) is 20.5. The summed E-state index contributed by atoms with van der Waals surface area (Å²) in [4.78, 5) is 0. The fourth-order valence-corrected chi connectivity index (χ4v) is 3.79. The van der Waals surface area contributed by atoms with Crippen molar-refractivity contribution >= 4 is 11.6 Å². The Balaban J connectivity index is 1.52. The Bertz CT molecular complexity index is 753. The maximum Gasteiger partial charge on any atom is 0.119 e. The highest BCUT2D eigenvalue weighted by Gasteiger charge is 2.10. The molecule has 0 saturated carbocycles. The van der Waals surface area contributed by atoms with Crippen LogP contribution in [0.2, 0.25) is 0 Å². The molecule has 0 spiro atoms. The summed E-state index contributed by atoms with van der Waals surface area (Å²) in [7, 11) is 0. The van der Waals surface area contributed by atoms with Crippen molar-refractivity contribution in [2.45, 2.75) is 64.7 Å². The van der Waals surface area contributed by atoms with E-state index in [9.17, 15) is 0 Å². The molecule has 1 nitrogen and oxygen atoms in total. The predicted molar refractivity (Wildman–Crippen MR) is 122 cm³/mol. The molecule has 0 radical (unpaired) electrons. The highest BCUT2D eigenvalue weighted by molar-refractivity contribution is 5.72. The summed E-state index contributed by atoms with van der Waals surface area (Å²) < 4.78 is 5.92. The van der Waals surface area contributed by atoms with Gasteiger partial charge >= 0.3 is 0 Å². The highest BCUT2D eigenvalue weighted by atomic mass is 16.5. The minimum Gasteiger partial charge on any atom is -0.494 e. The van der Waals surface area contributed by atoms with Crippen molar-refractivity contribution in [1.29, 1.82) is 0 Å². The van der Waals surface area contributed by atoms with Gasteiger partial charge in [-0.25, -0.2) is 0 Å². The van der Waals surface area contributed by atoms with Gasteiger partial charge in [-0.15, -0.1) is 0 Å². The molecule has 0 atom stereocenters. The Labute approximate surface area is 171 Å². The van der Waals surface area contributed by atoms with Crippen molar-refractivity contribution in [3.8, 4) is 5.75 Å². The van der Waals surface area contributed by atoms with E-state index in [0.717, 1.165) is 31.6 Å². The smallest absolute Gasteiger partial charge is 0.119 e. The number of rotatable bonds is 10. The van der Waals surface area contributed by atoms with E-state index >= 15 is 0 Å². The normalized spacial score (nSPS) is 15.5. The lowest BCUT2D eigenvalue weighted by Gasteiger charge is -2.16. The molecule has 28 heavy (non-hydrogen) atoms. The third kappa shape index (κ3) is 6.71. The first-order chi connectivity index (χ1) is 13.8. The van der Waals surface area contributed by atoms with Crippen molar-refractivity contribution in [2.24, 2.45) is 0 Å². The van der Waals surface area contributed by atoms with Crippen LogP contribution < -0.4 is 4.74 Å². The van der Waals surface area contributed by atoms with Gasteiger partial charge in [0.1, 0.15) is 5.75 Å². The van der Waals surface area contributed by atoms with Crippen LogP contribution >= 0.6 is 0 Å². The Kier molecular flexibility index (Phi) is 8.43. The molecule has 1 aliphatic rings. The number of benzene rings is 2. The van der Waals surface area contributed by atoms with Crippen molar-refractivity contribution in [3.63, 3.8) is 0 Å². The topological polar surface area (TPSA) is 9.23 Å². The second-order valence-corrected chi connectivity index (χ2v) is 7.79. The molecular formula is C27H34O. The van der Waals surface area contributed by atoms with E-state index in [-0.39, 0.29) is 0 Å². The maximum atomic E-state index is 5.92. The Morgan fingerprint density at radius 3 is 2.36 bits per heavy atom. The fraction of sp³-hybridized carbons (Fsp3) is 0.407. The molecule has 0 unspecified atom stereocenters.